The SMILES string of the molecule is Cc1cccc2[n+]1COc1c-2ccc2c1CCC=C2. The van der Waals surface area contributed by atoms with Crippen LogP contribution in [0.15, 0.2) is 36.4 Å². The lowest BCUT2D eigenvalue weighted by atomic mass is 9.92. The van der Waals surface area contributed by atoms with E-state index in [2.05, 4.69) is 54.0 Å². The molecule has 1 aliphatic heterocycles. The minimum atomic E-state index is 0.620. The van der Waals surface area contributed by atoms with Crippen LogP contribution < -0.4 is 9.30 Å². The molecule has 1 aromatic heterocycles. The van der Waals surface area contributed by atoms with E-state index in [0.29, 0.717) is 6.73 Å². The molecular formula is C17H16NO+. The summed E-state index contributed by atoms with van der Waals surface area (Å²) in [6.07, 6.45) is 6.65. The van der Waals surface area contributed by atoms with Gasteiger partial charge in [0.15, 0.2) is 5.69 Å². The molecule has 2 nitrogen and oxygen atoms in total. The van der Waals surface area contributed by atoms with Gasteiger partial charge in [-0.2, -0.15) is 4.57 Å². The topological polar surface area (TPSA) is 13.1 Å². The van der Waals surface area contributed by atoms with E-state index in [1.807, 2.05) is 0 Å². The van der Waals surface area contributed by atoms with Crippen molar-refractivity contribution in [2.24, 2.45) is 0 Å². The third-order valence-electron chi connectivity index (χ3n) is 4.08. The van der Waals surface area contributed by atoms with Gasteiger partial charge >= 0.3 is 0 Å². The molecule has 2 heteroatoms. The van der Waals surface area contributed by atoms with Crippen LogP contribution in [0.5, 0.6) is 5.75 Å². The van der Waals surface area contributed by atoms with Gasteiger partial charge in [-0.3, -0.25) is 0 Å². The summed E-state index contributed by atoms with van der Waals surface area (Å²) < 4.78 is 8.29. The number of nitrogens with zero attached hydrogens (tertiary/aromatic N) is 1. The van der Waals surface area contributed by atoms with E-state index in [-0.39, 0.29) is 0 Å². The Morgan fingerprint density at radius 3 is 3.05 bits per heavy atom. The van der Waals surface area contributed by atoms with Crippen molar-refractivity contribution in [2.45, 2.75) is 26.5 Å². The van der Waals surface area contributed by atoms with Crippen molar-refractivity contribution >= 4 is 6.08 Å². The molecule has 0 saturated heterocycles. The summed E-state index contributed by atoms with van der Waals surface area (Å²) in [5.74, 6) is 1.09. The summed E-state index contributed by atoms with van der Waals surface area (Å²) in [5.41, 5.74) is 6.40. The Morgan fingerprint density at radius 2 is 2.11 bits per heavy atom. The number of hydrogen-bond acceptors (Lipinski definition) is 1. The van der Waals surface area contributed by atoms with Crippen LogP contribution in [0.2, 0.25) is 0 Å². The van der Waals surface area contributed by atoms with Crippen molar-refractivity contribution in [2.75, 3.05) is 0 Å². The third kappa shape index (κ3) is 1.53. The largest absolute Gasteiger partial charge is 0.435 e. The second kappa shape index (κ2) is 3.95. The van der Waals surface area contributed by atoms with E-state index >= 15 is 0 Å². The number of aromatic nitrogens is 1. The molecule has 0 radical (unpaired) electrons. The Balaban J connectivity index is 1.99. The summed E-state index contributed by atoms with van der Waals surface area (Å²) in [7, 11) is 0. The summed E-state index contributed by atoms with van der Waals surface area (Å²) >= 11 is 0. The number of pyridine rings is 1. The van der Waals surface area contributed by atoms with Crippen LogP contribution in [0, 0.1) is 6.92 Å². The second-order valence-corrected chi connectivity index (χ2v) is 5.20. The van der Waals surface area contributed by atoms with Gasteiger partial charge in [-0.05, 0) is 30.5 Å². The highest BCUT2D eigenvalue weighted by atomic mass is 16.5. The fraction of sp³-hybridized carbons (Fsp3) is 0.235. The van der Waals surface area contributed by atoms with Crippen LogP contribution in [0.25, 0.3) is 17.3 Å². The van der Waals surface area contributed by atoms with Crippen LogP contribution >= 0.6 is 0 Å². The molecule has 0 amide bonds. The van der Waals surface area contributed by atoms with Crippen LogP contribution in [0.4, 0.5) is 0 Å². The summed E-state index contributed by atoms with van der Waals surface area (Å²) in [4.78, 5) is 0. The highest BCUT2D eigenvalue weighted by Gasteiger charge is 2.28. The Kier molecular flexibility index (Phi) is 2.25. The number of fused-ring (bicyclic) bond motifs is 5. The zero-order valence-corrected chi connectivity index (χ0v) is 11.0. The van der Waals surface area contributed by atoms with Crippen LogP contribution in [0.3, 0.4) is 0 Å². The van der Waals surface area contributed by atoms with Gasteiger partial charge in [0.2, 0.25) is 5.69 Å². The first-order valence-corrected chi connectivity index (χ1v) is 6.79. The predicted molar refractivity (Wildman–Crippen MR) is 74.8 cm³/mol. The average Bonchev–Trinajstić information content (AvgIpc) is 2.47. The van der Waals surface area contributed by atoms with E-state index in [1.54, 1.807) is 0 Å². The summed E-state index contributed by atoms with van der Waals surface area (Å²) in [6, 6.07) is 10.8. The highest BCUT2D eigenvalue weighted by Crippen LogP contribution is 2.38. The van der Waals surface area contributed by atoms with Crippen molar-refractivity contribution in [3.63, 3.8) is 0 Å². The van der Waals surface area contributed by atoms with Gasteiger partial charge in [0.1, 0.15) is 5.75 Å². The van der Waals surface area contributed by atoms with Crippen molar-refractivity contribution < 1.29 is 9.30 Å². The molecule has 1 aliphatic carbocycles. The zero-order valence-electron chi connectivity index (χ0n) is 11.0. The molecule has 19 heavy (non-hydrogen) atoms. The van der Waals surface area contributed by atoms with Crippen molar-refractivity contribution in [3.8, 4) is 17.0 Å². The molecule has 0 unspecified atom stereocenters. The highest BCUT2D eigenvalue weighted by molar-refractivity contribution is 5.73. The summed E-state index contributed by atoms with van der Waals surface area (Å²) in [5, 5.41) is 0. The molecule has 2 aromatic rings. The number of rotatable bonds is 0. The van der Waals surface area contributed by atoms with Crippen molar-refractivity contribution in [1.29, 1.82) is 0 Å². The molecular weight excluding hydrogens is 234 g/mol. The number of hydrogen-bond donors (Lipinski definition) is 0. The molecule has 1 aromatic carbocycles. The second-order valence-electron chi connectivity index (χ2n) is 5.20. The van der Waals surface area contributed by atoms with E-state index in [9.17, 15) is 0 Å². The van der Waals surface area contributed by atoms with Crippen LogP contribution in [-0.4, -0.2) is 0 Å². The van der Waals surface area contributed by atoms with Crippen molar-refractivity contribution in [1.82, 2.24) is 0 Å². The fourth-order valence-electron chi connectivity index (χ4n) is 3.05. The van der Waals surface area contributed by atoms with E-state index < -0.39 is 0 Å². The molecule has 0 spiro atoms. The van der Waals surface area contributed by atoms with Crippen LogP contribution in [-0.2, 0) is 13.2 Å². The first-order valence-electron chi connectivity index (χ1n) is 6.79. The number of benzene rings is 1. The molecule has 4 rings (SSSR count). The van der Waals surface area contributed by atoms with Gasteiger partial charge in [0, 0.05) is 24.6 Å². The minimum absolute atomic E-state index is 0.620. The Labute approximate surface area is 113 Å². The maximum absolute atomic E-state index is 6.06. The number of allylic oxidation sites excluding steroid dienone is 1. The van der Waals surface area contributed by atoms with Gasteiger partial charge in [-0.1, -0.05) is 18.2 Å². The molecule has 0 saturated carbocycles. The van der Waals surface area contributed by atoms with E-state index in [0.717, 1.165) is 18.6 Å². The zero-order chi connectivity index (χ0) is 12.8. The van der Waals surface area contributed by atoms with Gasteiger partial charge in [-0.25, -0.2) is 0 Å². The molecule has 0 N–H and O–H groups in total. The third-order valence-corrected chi connectivity index (χ3v) is 4.08. The Morgan fingerprint density at radius 1 is 1.16 bits per heavy atom. The number of ether oxygens (including phenoxy) is 1. The Hall–Kier alpha value is -2.09. The quantitative estimate of drug-likeness (QED) is 0.654. The van der Waals surface area contributed by atoms with E-state index in [4.69, 9.17) is 4.74 Å². The van der Waals surface area contributed by atoms with Gasteiger partial charge < -0.3 is 4.74 Å². The molecule has 2 heterocycles. The monoisotopic (exact) mass is 250 g/mol. The smallest absolute Gasteiger partial charge is 0.292 e. The molecule has 0 atom stereocenters. The minimum Gasteiger partial charge on any atom is -0.435 e. The van der Waals surface area contributed by atoms with E-state index in [1.165, 1.54) is 28.1 Å². The van der Waals surface area contributed by atoms with Gasteiger partial charge in [0.05, 0.1) is 5.56 Å². The lowest BCUT2D eigenvalue weighted by Crippen LogP contribution is -2.44. The van der Waals surface area contributed by atoms with Crippen molar-refractivity contribution in [3.05, 3.63) is 53.2 Å². The molecule has 94 valence electrons. The first-order chi connectivity index (χ1) is 9.34. The lowest BCUT2D eigenvalue weighted by molar-refractivity contribution is -0.722. The maximum atomic E-state index is 6.06. The standard InChI is InChI=1S/C17H16NO/c1-12-5-4-8-16-15-10-9-13-6-2-3-7-14(13)17(15)19-11-18(12)16/h2,4-6,8-10H,3,7,11H2,1H3/q+1. The summed E-state index contributed by atoms with van der Waals surface area (Å²) in [6.45, 7) is 2.74. The van der Waals surface area contributed by atoms with Gasteiger partial charge in [0.25, 0.3) is 6.73 Å². The Bertz CT molecular complexity index is 701. The number of aryl methyl sites for hydroxylation is 1. The molecule has 0 bridgehead atoms. The van der Waals surface area contributed by atoms with Crippen LogP contribution in [0.1, 0.15) is 23.2 Å². The first kappa shape index (κ1) is 10.8. The maximum Gasteiger partial charge on any atom is 0.292 e. The average molecular weight is 250 g/mol. The normalized spacial score (nSPS) is 15.2. The molecule has 0 fully saturated rings. The van der Waals surface area contributed by atoms with Gasteiger partial charge in [-0.15, -0.1) is 0 Å². The molecule has 2 aliphatic rings. The lowest BCUT2D eigenvalue weighted by Gasteiger charge is -2.22. The fourth-order valence-corrected chi connectivity index (χ4v) is 3.05. The predicted octanol–water partition coefficient (Wildman–Crippen LogP) is 3.26.